The normalized spacial score (nSPS) is 22.8. The van der Waals surface area contributed by atoms with Gasteiger partial charge in [-0.25, -0.2) is 4.98 Å². The lowest BCUT2D eigenvalue weighted by Gasteiger charge is -2.31. The van der Waals surface area contributed by atoms with E-state index < -0.39 is 5.91 Å². The molecule has 1 aliphatic heterocycles. The number of carbonyl (C=O) groups excluding carboxylic acids is 1. The van der Waals surface area contributed by atoms with Gasteiger partial charge in [0.2, 0.25) is 0 Å². The third-order valence-corrected chi connectivity index (χ3v) is 4.78. The summed E-state index contributed by atoms with van der Waals surface area (Å²) >= 11 is 1.46. The standard InChI is InChI=1S/C11H15N3OS/c1-11(3-4-11)14-5-2-7-8(6-14)16-10(13-7)9(12)15/h2-6H2,1H3,(H2,12,15). The number of nitrogens with two attached hydrogens (primary N) is 1. The Morgan fingerprint density at radius 3 is 2.94 bits per heavy atom. The van der Waals surface area contributed by atoms with Crippen LogP contribution in [0.3, 0.4) is 0 Å². The zero-order chi connectivity index (χ0) is 11.3. The van der Waals surface area contributed by atoms with Gasteiger partial charge in [0.15, 0.2) is 5.01 Å². The first-order chi connectivity index (χ1) is 7.58. The molecule has 2 aliphatic rings. The zero-order valence-electron chi connectivity index (χ0n) is 9.32. The van der Waals surface area contributed by atoms with Crippen molar-refractivity contribution in [2.45, 2.75) is 38.3 Å². The fourth-order valence-corrected chi connectivity index (χ4v) is 3.23. The molecule has 0 bridgehead atoms. The van der Waals surface area contributed by atoms with Gasteiger partial charge in [-0.1, -0.05) is 0 Å². The lowest BCUT2D eigenvalue weighted by molar-refractivity contribution is 0.0999. The van der Waals surface area contributed by atoms with Gasteiger partial charge in [-0.15, -0.1) is 11.3 Å². The number of hydrogen-bond acceptors (Lipinski definition) is 4. The Morgan fingerprint density at radius 1 is 1.56 bits per heavy atom. The third kappa shape index (κ3) is 1.55. The predicted octanol–water partition coefficient (Wildman–Crippen LogP) is 1.15. The van der Waals surface area contributed by atoms with E-state index in [4.69, 9.17) is 5.73 Å². The number of thiazole rings is 1. The molecule has 1 fully saturated rings. The van der Waals surface area contributed by atoms with Crippen molar-refractivity contribution in [2.24, 2.45) is 5.73 Å². The summed E-state index contributed by atoms with van der Waals surface area (Å²) in [4.78, 5) is 19.1. The van der Waals surface area contributed by atoms with Gasteiger partial charge in [-0.2, -0.15) is 0 Å². The monoisotopic (exact) mass is 237 g/mol. The van der Waals surface area contributed by atoms with E-state index in [2.05, 4.69) is 16.8 Å². The van der Waals surface area contributed by atoms with Crippen molar-refractivity contribution >= 4 is 17.2 Å². The number of amides is 1. The topological polar surface area (TPSA) is 59.2 Å². The smallest absolute Gasteiger partial charge is 0.277 e. The molecule has 2 N–H and O–H groups in total. The van der Waals surface area contributed by atoms with Gasteiger partial charge in [-0.3, -0.25) is 9.69 Å². The molecule has 5 heteroatoms. The molecular weight excluding hydrogens is 222 g/mol. The molecule has 0 unspecified atom stereocenters. The van der Waals surface area contributed by atoms with Crippen molar-refractivity contribution in [3.05, 3.63) is 15.6 Å². The first kappa shape index (κ1) is 10.2. The molecule has 1 saturated carbocycles. The fraction of sp³-hybridized carbons (Fsp3) is 0.636. The van der Waals surface area contributed by atoms with E-state index in [1.807, 2.05) is 0 Å². The van der Waals surface area contributed by atoms with Gasteiger partial charge in [0.1, 0.15) is 0 Å². The SMILES string of the molecule is CC1(N2CCc3nc(C(N)=O)sc3C2)CC1. The highest BCUT2D eigenvalue weighted by Gasteiger charge is 2.44. The van der Waals surface area contributed by atoms with E-state index in [0.29, 0.717) is 10.5 Å². The zero-order valence-corrected chi connectivity index (χ0v) is 10.1. The Hall–Kier alpha value is -0.940. The summed E-state index contributed by atoms with van der Waals surface area (Å²) in [6.07, 6.45) is 3.54. The molecule has 86 valence electrons. The number of aromatic nitrogens is 1. The second-order valence-electron chi connectivity index (χ2n) is 4.92. The van der Waals surface area contributed by atoms with E-state index in [1.165, 1.54) is 29.1 Å². The molecule has 1 aliphatic carbocycles. The highest BCUT2D eigenvalue weighted by molar-refractivity contribution is 7.13. The summed E-state index contributed by atoms with van der Waals surface area (Å²) < 4.78 is 0. The van der Waals surface area contributed by atoms with Gasteiger partial charge in [0, 0.05) is 29.9 Å². The molecule has 1 aromatic rings. The third-order valence-electron chi connectivity index (χ3n) is 3.68. The summed E-state index contributed by atoms with van der Waals surface area (Å²) in [5.74, 6) is -0.399. The average molecular weight is 237 g/mol. The Kier molecular flexibility index (Phi) is 2.09. The highest BCUT2D eigenvalue weighted by atomic mass is 32.1. The lowest BCUT2D eigenvalue weighted by atomic mass is 10.1. The highest BCUT2D eigenvalue weighted by Crippen LogP contribution is 2.43. The largest absolute Gasteiger partial charge is 0.364 e. The van der Waals surface area contributed by atoms with Crippen LogP contribution in [0.4, 0.5) is 0 Å². The van der Waals surface area contributed by atoms with Crippen molar-refractivity contribution < 1.29 is 4.79 Å². The van der Waals surface area contributed by atoms with E-state index in [1.54, 1.807) is 0 Å². The van der Waals surface area contributed by atoms with E-state index in [-0.39, 0.29) is 0 Å². The minimum Gasteiger partial charge on any atom is -0.364 e. The minimum absolute atomic E-state index is 0.399. The van der Waals surface area contributed by atoms with Crippen LogP contribution in [0.5, 0.6) is 0 Å². The van der Waals surface area contributed by atoms with Crippen LogP contribution in [-0.2, 0) is 13.0 Å². The van der Waals surface area contributed by atoms with E-state index in [0.717, 1.165) is 25.2 Å². The summed E-state index contributed by atoms with van der Waals surface area (Å²) in [6.45, 7) is 4.32. The van der Waals surface area contributed by atoms with Crippen LogP contribution in [0, 0.1) is 0 Å². The fourth-order valence-electron chi connectivity index (χ4n) is 2.26. The summed E-state index contributed by atoms with van der Waals surface area (Å²) in [6, 6.07) is 0. The minimum atomic E-state index is -0.399. The van der Waals surface area contributed by atoms with Crippen molar-refractivity contribution in [1.29, 1.82) is 0 Å². The molecule has 16 heavy (non-hydrogen) atoms. The summed E-state index contributed by atoms with van der Waals surface area (Å²) in [5.41, 5.74) is 6.75. The number of rotatable bonds is 2. The second-order valence-corrected chi connectivity index (χ2v) is 6.01. The average Bonchev–Trinajstić information content (AvgIpc) is 2.86. The van der Waals surface area contributed by atoms with Gasteiger partial charge >= 0.3 is 0 Å². The first-order valence-corrected chi connectivity index (χ1v) is 6.44. The molecule has 0 aromatic carbocycles. The van der Waals surface area contributed by atoms with Crippen molar-refractivity contribution in [3.63, 3.8) is 0 Å². The second kappa shape index (κ2) is 3.28. The van der Waals surface area contributed by atoms with Gasteiger partial charge in [0.25, 0.3) is 5.91 Å². The molecule has 4 nitrogen and oxygen atoms in total. The predicted molar refractivity (Wildman–Crippen MR) is 62.4 cm³/mol. The molecule has 0 radical (unpaired) electrons. The number of nitrogens with zero attached hydrogens (tertiary/aromatic N) is 2. The number of fused-ring (bicyclic) bond motifs is 1. The van der Waals surface area contributed by atoms with Crippen LogP contribution < -0.4 is 5.73 Å². The Labute approximate surface area is 98.5 Å². The molecule has 2 heterocycles. The molecule has 0 atom stereocenters. The maximum absolute atomic E-state index is 11.1. The van der Waals surface area contributed by atoms with Crippen LogP contribution >= 0.6 is 11.3 Å². The number of hydrogen-bond donors (Lipinski definition) is 1. The van der Waals surface area contributed by atoms with Gasteiger partial charge < -0.3 is 5.73 Å². The Bertz CT molecular complexity index is 450. The Morgan fingerprint density at radius 2 is 2.31 bits per heavy atom. The van der Waals surface area contributed by atoms with Crippen molar-refractivity contribution in [2.75, 3.05) is 6.54 Å². The number of primary amides is 1. The number of carbonyl (C=O) groups is 1. The van der Waals surface area contributed by atoms with Crippen LogP contribution in [0.25, 0.3) is 0 Å². The van der Waals surface area contributed by atoms with E-state index >= 15 is 0 Å². The van der Waals surface area contributed by atoms with Crippen LogP contribution in [0.2, 0.25) is 0 Å². The van der Waals surface area contributed by atoms with Gasteiger partial charge in [-0.05, 0) is 19.8 Å². The van der Waals surface area contributed by atoms with Crippen molar-refractivity contribution in [3.8, 4) is 0 Å². The molecule has 0 spiro atoms. The van der Waals surface area contributed by atoms with Crippen LogP contribution in [-0.4, -0.2) is 27.9 Å². The Balaban J connectivity index is 1.85. The summed E-state index contributed by atoms with van der Waals surface area (Å²) in [7, 11) is 0. The molecular formula is C11H15N3OS. The summed E-state index contributed by atoms with van der Waals surface area (Å²) in [5, 5.41) is 0.466. The van der Waals surface area contributed by atoms with Crippen LogP contribution in [0.15, 0.2) is 0 Å². The maximum atomic E-state index is 11.1. The van der Waals surface area contributed by atoms with Gasteiger partial charge in [0.05, 0.1) is 5.69 Å². The van der Waals surface area contributed by atoms with Crippen molar-refractivity contribution in [1.82, 2.24) is 9.88 Å². The van der Waals surface area contributed by atoms with Crippen LogP contribution in [0.1, 0.15) is 40.1 Å². The molecule has 0 saturated heterocycles. The lowest BCUT2D eigenvalue weighted by Crippen LogP contribution is -2.38. The van der Waals surface area contributed by atoms with E-state index in [9.17, 15) is 4.79 Å². The quantitative estimate of drug-likeness (QED) is 0.839. The molecule has 1 amide bonds. The molecule has 1 aromatic heterocycles. The maximum Gasteiger partial charge on any atom is 0.277 e. The first-order valence-electron chi connectivity index (χ1n) is 5.62. The molecule has 3 rings (SSSR count).